The van der Waals surface area contributed by atoms with Gasteiger partial charge in [0.1, 0.15) is 5.60 Å². The topological polar surface area (TPSA) is 50.4 Å². The minimum Gasteiger partial charge on any atom is -0.444 e. The maximum absolute atomic E-state index is 11.9. The Kier molecular flexibility index (Phi) is 6.35. The number of ether oxygens (including phenoxy) is 1. The Morgan fingerprint density at radius 1 is 1.22 bits per heavy atom. The minimum absolute atomic E-state index is 0.286. The van der Waals surface area contributed by atoms with Crippen LogP contribution in [-0.2, 0) is 4.74 Å². The van der Waals surface area contributed by atoms with Gasteiger partial charge in [0.15, 0.2) is 0 Å². The van der Waals surface area contributed by atoms with Gasteiger partial charge in [0.2, 0.25) is 0 Å². The molecule has 0 aromatic heterocycles. The van der Waals surface area contributed by atoms with Crippen LogP contribution in [0.15, 0.2) is 0 Å². The average Bonchev–Trinajstić information content (AvgIpc) is 3.22. The number of rotatable bonds is 7. The van der Waals surface area contributed by atoms with Gasteiger partial charge in [-0.15, -0.1) is 0 Å². The molecule has 2 saturated carbocycles. The number of carbonyl (C=O) groups is 1. The first kappa shape index (κ1) is 18.6. The molecule has 0 saturated heterocycles. The molecule has 0 bridgehead atoms. The zero-order valence-corrected chi connectivity index (χ0v) is 15.5. The average molecular weight is 325 g/mol. The highest BCUT2D eigenvalue weighted by Crippen LogP contribution is 2.49. The minimum atomic E-state index is -0.424. The molecule has 2 fully saturated rings. The molecule has 2 atom stereocenters. The highest BCUT2D eigenvalue weighted by molar-refractivity contribution is 5.67. The predicted molar refractivity (Wildman–Crippen MR) is 94.6 cm³/mol. The van der Waals surface area contributed by atoms with Crippen molar-refractivity contribution in [2.24, 2.45) is 11.3 Å². The Balaban J connectivity index is 1.76. The molecule has 2 aliphatic carbocycles. The van der Waals surface area contributed by atoms with E-state index in [0.29, 0.717) is 17.4 Å². The van der Waals surface area contributed by atoms with Crippen molar-refractivity contribution in [2.75, 3.05) is 13.1 Å². The van der Waals surface area contributed by atoms with Crippen LogP contribution in [0.1, 0.15) is 79.1 Å². The zero-order chi connectivity index (χ0) is 16.9. The third kappa shape index (κ3) is 6.33. The van der Waals surface area contributed by atoms with Crippen molar-refractivity contribution in [3.05, 3.63) is 0 Å². The quantitative estimate of drug-likeness (QED) is 0.736. The van der Waals surface area contributed by atoms with Crippen LogP contribution in [0.25, 0.3) is 0 Å². The van der Waals surface area contributed by atoms with Crippen molar-refractivity contribution in [2.45, 2.75) is 90.7 Å². The highest BCUT2D eigenvalue weighted by atomic mass is 16.6. The lowest BCUT2D eigenvalue weighted by Crippen LogP contribution is -2.46. The van der Waals surface area contributed by atoms with Crippen molar-refractivity contribution in [3.63, 3.8) is 0 Å². The molecule has 0 radical (unpaired) electrons. The summed E-state index contributed by atoms with van der Waals surface area (Å²) in [6.45, 7) is 9.89. The second-order valence-corrected chi connectivity index (χ2v) is 8.66. The van der Waals surface area contributed by atoms with E-state index in [2.05, 4.69) is 17.6 Å². The number of hydrogen-bond donors (Lipinski definition) is 2. The molecule has 1 amide bonds. The molecular formula is C19H36N2O2. The second-order valence-electron chi connectivity index (χ2n) is 8.66. The first-order valence-corrected chi connectivity index (χ1v) is 9.54. The van der Waals surface area contributed by atoms with E-state index in [-0.39, 0.29) is 6.09 Å². The molecule has 0 heterocycles. The lowest BCUT2D eigenvalue weighted by molar-refractivity contribution is 0.0510. The van der Waals surface area contributed by atoms with E-state index in [0.717, 1.165) is 13.1 Å². The molecule has 134 valence electrons. The third-order valence-electron chi connectivity index (χ3n) is 5.29. The molecule has 4 heteroatoms. The van der Waals surface area contributed by atoms with Crippen LogP contribution >= 0.6 is 0 Å². The summed E-state index contributed by atoms with van der Waals surface area (Å²) in [5.41, 5.74) is 0.169. The molecular weight excluding hydrogens is 288 g/mol. The van der Waals surface area contributed by atoms with Crippen molar-refractivity contribution < 1.29 is 9.53 Å². The van der Waals surface area contributed by atoms with Crippen LogP contribution in [0.4, 0.5) is 4.79 Å². The largest absolute Gasteiger partial charge is 0.444 e. The molecule has 0 spiro atoms. The number of hydrogen-bond acceptors (Lipinski definition) is 3. The lowest BCUT2D eigenvalue weighted by Gasteiger charge is -2.34. The molecule has 23 heavy (non-hydrogen) atoms. The standard InChI is InChI=1S/C19H36N2O2/c1-5-10-19(11-12-19)14-21-16-9-7-6-8-15(16)13-20-17(22)23-18(2,3)4/h15-16,21H,5-14H2,1-4H3,(H,20,22). The first-order valence-electron chi connectivity index (χ1n) is 9.54. The summed E-state index contributed by atoms with van der Waals surface area (Å²) in [6, 6.07) is 0.549. The maximum Gasteiger partial charge on any atom is 0.407 e. The normalized spacial score (nSPS) is 26.6. The van der Waals surface area contributed by atoms with Gasteiger partial charge in [-0.2, -0.15) is 0 Å². The monoisotopic (exact) mass is 324 g/mol. The Morgan fingerprint density at radius 3 is 2.52 bits per heavy atom. The van der Waals surface area contributed by atoms with E-state index in [9.17, 15) is 4.79 Å². The summed E-state index contributed by atoms with van der Waals surface area (Å²) >= 11 is 0. The summed E-state index contributed by atoms with van der Waals surface area (Å²) in [7, 11) is 0. The number of nitrogens with one attached hydrogen (secondary N) is 2. The highest BCUT2D eigenvalue weighted by Gasteiger charge is 2.41. The number of carbonyl (C=O) groups excluding carboxylic acids is 1. The van der Waals surface area contributed by atoms with Gasteiger partial charge in [-0.05, 0) is 64.2 Å². The Bertz CT molecular complexity index is 385. The Morgan fingerprint density at radius 2 is 1.91 bits per heavy atom. The van der Waals surface area contributed by atoms with E-state index in [4.69, 9.17) is 4.74 Å². The van der Waals surface area contributed by atoms with E-state index in [1.54, 1.807) is 0 Å². The van der Waals surface area contributed by atoms with Crippen molar-refractivity contribution in [3.8, 4) is 0 Å². The molecule has 2 N–H and O–H groups in total. The summed E-state index contributed by atoms with van der Waals surface area (Å²) in [4.78, 5) is 11.9. The van der Waals surface area contributed by atoms with Gasteiger partial charge < -0.3 is 15.4 Å². The maximum atomic E-state index is 11.9. The smallest absolute Gasteiger partial charge is 0.407 e. The molecule has 0 aliphatic heterocycles. The molecule has 2 rings (SSSR count). The van der Waals surface area contributed by atoms with E-state index in [1.165, 1.54) is 51.4 Å². The van der Waals surface area contributed by atoms with Crippen LogP contribution < -0.4 is 10.6 Å². The summed E-state index contributed by atoms with van der Waals surface area (Å²) in [5.74, 6) is 0.536. The first-order chi connectivity index (χ1) is 10.8. The fourth-order valence-electron chi connectivity index (χ4n) is 3.82. The van der Waals surface area contributed by atoms with Gasteiger partial charge in [0, 0.05) is 19.1 Å². The van der Waals surface area contributed by atoms with Crippen molar-refractivity contribution in [1.82, 2.24) is 10.6 Å². The van der Waals surface area contributed by atoms with Gasteiger partial charge in [-0.1, -0.05) is 26.2 Å². The Labute approximate surface area is 142 Å². The third-order valence-corrected chi connectivity index (χ3v) is 5.29. The molecule has 4 nitrogen and oxygen atoms in total. The lowest BCUT2D eigenvalue weighted by atomic mass is 9.84. The van der Waals surface area contributed by atoms with Crippen LogP contribution in [0.2, 0.25) is 0 Å². The van der Waals surface area contributed by atoms with Gasteiger partial charge in [0.05, 0.1) is 0 Å². The van der Waals surface area contributed by atoms with Gasteiger partial charge in [0.25, 0.3) is 0 Å². The van der Waals surface area contributed by atoms with Gasteiger partial charge in [-0.25, -0.2) is 4.79 Å². The molecule has 2 aliphatic rings. The zero-order valence-electron chi connectivity index (χ0n) is 15.5. The van der Waals surface area contributed by atoms with E-state index >= 15 is 0 Å². The molecule has 2 unspecified atom stereocenters. The van der Waals surface area contributed by atoms with Crippen LogP contribution in [0.5, 0.6) is 0 Å². The van der Waals surface area contributed by atoms with Gasteiger partial charge in [-0.3, -0.25) is 0 Å². The SMILES string of the molecule is CCCC1(CNC2CCCCC2CNC(=O)OC(C)(C)C)CC1. The summed E-state index contributed by atoms with van der Waals surface area (Å²) in [5, 5.41) is 6.81. The molecule has 0 aromatic rings. The molecule has 0 aromatic carbocycles. The van der Waals surface area contributed by atoms with E-state index < -0.39 is 5.60 Å². The number of alkyl carbamates (subject to hydrolysis) is 1. The second kappa shape index (κ2) is 7.87. The summed E-state index contributed by atoms with van der Waals surface area (Å²) in [6.07, 6.45) is 10.2. The predicted octanol–water partition coefficient (Wildman–Crippen LogP) is 4.24. The fraction of sp³-hybridized carbons (Fsp3) is 0.947. The van der Waals surface area contributed by atoms with E-state index in [1.807, 2.05) is 20.8 Å². The Hall–Kier alpha value is -0.770. The fourth-order valence-corrected chi connectivity index (χ4v) is 3.82. The van der Waals surface area contributed by atoms with Crippen LogP contribution in [0, 0.1) is 11.3 Å². The van der Waals surface area contributed by atoms with Crippen molar-refractivity contribution >= 4 is 6.09 Å². The van der Waals surface area contributed by atoms with Crippen LogP contribution in [0.3, 0.4) is 0 Å². The van der Waals surface area contributed by atoms with Gasteiger partial charge >= 0.3 is 6.09 Å². The summed E-state index contributed by atoms with van der Waals surface area (Å²) < 4.78 is 5.35. The van der Waals surface area contributed by atoms with Crippen LogP contribution in [-0.4, -0.2) is 30.8 Å². The number of amides is 1. The van der Waals surface area contributed by atoms with Crippen molar-refractivity contribution in [1.29, 1.82) is 0 Å².